The highest BCUT2D eigenvalue weighted by Gasteiger charge is 2.17. The van der Waals surface area contributed by atoms with Gasteiger partial charge in [0, 0.05) is 42.2 Å². The van der Waals surface area contributed by atoms with Crippen molar-refractivity contribution in [3.05, 3.63) is 51.5 Å². The highest BCUT2D eigenvalue weighted by molar-refractivity contribution is 6.38. The van der Waals surface area contributed by atoms with Crippen LogP contribution in [0.25, 0.3) is 10.9 Å². The topological polar surface area (TPSA) is 66.2 Å². The van der Waals surface area contributed by atoms with Crippen LogP contribution in [0.2, 0.25) is 10.0 Å². The van der Waals surface area contributed by atoms with Crippen molar-refractivity contribution >= 4 is 39.9 Å². The molecular weight excluding hydrogens is 401 g/mol. The third kappa shape index (κ3) is 4.29. The minimum atomic E-state index is -0.140. The molecule has 148 valence electrons. The molecule has 6 nitrogen and oxygen atoms in total. The molecule has 1 aromatic carbocycles. The first kappa shape index (κ1) is 20.6. The van der Waals surface area contributed by atoms with E-state index in [0.717, 1.165) is 24.4 Å². The Hall–Kier alpha value is -2.15. The number of nitrogens with zero attached hydrogens (tertiary/aromatic N) is 3. The van der Waals surface area contributed by atoms with Crippen molar-refractivity contribution < 1.29 is 14.3 Å². The van der Waals surface area contributed by atoms with Crippen LogP contribution >= 0.6 is 23.2 Å². The summed E-state index contributed by atoms with van der Waals surface area (Å²) in [6.07, 6.45) is 2.23. The van der Waals surface area contributed by atoms with E-state index in [1.807, 2.05) is 19.9 Å². The third-order valence-electron chi connectivity index (χ3n) is 4.56. The van der Waals surface area contributed by atoms with Gasteiger partial charge in [0.25, 0.3) is 0 Å². The maximum absolute atomic E-state index is 12.7. The van der Waals surface area contributed by atoms with Crippen molar-refractivity contribution in [1.29, 1.82) is 0 Å². The van der Waals surface area contributed by atoms with Gasteiger partial charge in [0.1, 0.15) is 6.33 Å². The molecule has 3 aromatic rings. The monoisotopic (exact) mass is 421 g/mol. The molecule has 0 radical (unpaired) electrons. The Labute approximate surface area is 173 Å². The maximum Gasteiger partial charge on any atom is 0.225 e. The minimum absolute atomic E-state index is 0.119. The Morgan fingerprint density at radius 3 is 2.71 bits per heavy atom. The third-order valence-corrected chi connectivity index (χ3v) is 5.07. The van der Waals surface area contributed by atoms with E-state index in [9.17, 15) is 4.79 Å². The zero-order chi connectivity index (χ0) is 20.3. The predicted octanol–water partition coefficient (Wildman–Crippen LogP) is 4.65. The molecule has 0 amide bonds. The van der Waals surface area contributed by atoms with Crippen molar-refractivity contribution in [2.24, 2.45) is 0 Å². The number of benzene rings is 1. The maximum atomic E-state index is 12.7. The summed E-state index contributed by atoms with van der Waals surface area (Å²) in [6.45, 7) is 5.26. The van der Waals surface area contributed by atoms with Crippen LogP contribution in [-0.2, 0) is 11.3 Å². The first-order valence-corrected chi connectivity index (χ1v) is 9.59. The number of carbonyl (C=O) groups excluding carboxylic acids is 1. The van der Waals surface area contributed by atoms with Crippen LogP contribution in [0.4, 0.5) is 0 Å². The van der Waals surface area contributed by atoms with E-state index >= 15 is 0 Å². The molecule has 2 aromatic heterocycles. The molecule has 0 unspecified atom stereocenters. The SMILES string of the molecule is COCCCn1c(C)cc(C(=O)COc2ncnc3c(Cl)cc(Cl)cc23)c1C. The predicted molar refractivity (Wildman–Crippen MR) is 110 cm³/mol. The molecule has 0 saturated heterocycles. The lowest BCUT2D eigenvalue weighted by molar-refractivity contribution is 0.0918. The summed E-state index contributed by atoms with van der Waals surface area (Å²) in [5.41, 5.74) is 3.12. The zero-order valence-corrected chi connectivity index (χ0v) is 17.5. The van der Waals surface area contributed by atoms with E-state index in [1.54, 1.807) is 19.2 Å². The molecular formula is C20H21Cl2N3O3. The van der Waals surface area contributed by atoms with Crippen LogP contribution in [0.3, 0.4) is 0 Å². The smallest absolute Gasteiger partial charge is 0.225 e. The van der Waals surface area contributed by atoms with Gasteiger partial charge in [-0.2, -0.15) is 0 Å². The van der Waals surface area contributed by atoms with Gasteiger partial charge in [0.15, 0.2) is 6.61 Å². The van der Waals surface area contributed by atoms with Crippen LogP contribution in [0.1, 0.15) is 28.2 Å². The van der Waals surface area contributed by atoms with E-state index in [0.29, 0.717) is 33.1 Å². The Morgan fingerprint density at radius 2 is 1.96 bits per heavy atom. The molecule has 0 fully saturated rings. The van der Waals surface area contributed by atoms with E-state index in [2.05, 4.69) is 14.5 Å². The molecule has 0 atom stereocenters. The molecule has 0 aliphatic carbocycles. The lowest BCUT2D eigenvalue weighted by atomic mass is 10.1. The second-order valence-electron chi connectivity index (χ2n) is 6.46. The number of fused-ring (bicyclic) bond motifs is 1. The van der Waals surface area contributed by atoms with E-state index in [4.69, 9.17) is 32.7 Å². The highest BCUT2D eigenvalue weighted by Crippen LogP contribution is 2.31. The number of methoxy groups -OCH3 is 1. The molecule has 0 N–H and O–H groups in total. The highest BCUT2D eigenvalue weighted by atomic mass is 35.5. The van der Waals surface area contributed by atoms with Crippen LogP contribution in [-0.4, -0.2) is 40.6 Å². The Morgan fingerprint density at radius 1 is 1.18 bits per heavy atom. The minimum Gasteiger partial charge on any atom is -0.469 e. The Bertz CT molecular complexity index is 1020. The number of aryl methyl sites for hydroxylation is 1. The number of hydrogen-bond donors (Lipinski definition) is 0. The molecule has 8 heteroatoms. The number of aromatic nitrogens is 3. The second kappa shape index (κ2) is 8.90. The average Bonchev–Trinajstić information content (AvgIpc) is 2.94. The van der Waals surface area contributed by atoms with Gasteiger partial charge in [0.2, 0.25) is 11.7 Å². The van der Waals surface area contributed by atoms with Gasteiger partial charge in [0.05, 0.1) is 15.9 Å². The van der Waals surface area contributed by atoms with Crippen molar-refractivity contribution in [3.8, 4) is 5.88 Å². The Balaban J connectivity index is 1.78. The van der Waals surface area contributed by atoms with Crippen LogP contribution in [0.5, 0.6) is 5.88 Å². The number of halogens is 2. The largest absolute Gasteiger partial charge is 0.469 e. The fraction of sp³-hybridized carbons (Fsp3) is 0.350. The second-order valence-corrected chi connectivity index (χ2v) is 7.30. The molecule has 2 heterocycles. The van der Waals surface area contributed by atoms with E-state index in [1.165, 1.54) is 6.33 Å². The number of Topliss-reactive ketones (excluding diaryl/α,β-unsaturated/α-hetero) is 1. The summed E-state index contributed by atoms with van der Waals surface area (Å²) < 4.78 is 12.9. The molecule has 0 aliphatic rings. The lowest BCUT2D eigenvalue weighted by Crippen LogP contribution is -2.14. The number of rotatable bonds is 8. The molecule has 0 bridgehead atoms. The molecule has 0 spiro atoms. The summed E-state index contributed by atoms with van der Waals surface area (Å²) in [5.74, 6) is 0.155. The van der Waals surface area contributed by atoms with Crippen LogP contribution in [0.15, 0.2) is 24.5 Å². The summed E-state index contributed by atoms with van der Waals surface area (Å²) in [6, 6.07) is 5.16. The van der Waals surface area contributed by atoms with Crippen LogP contribution < -0.4 is 4.74 Å². The number of carbonyl (C=O) groups is 1. The first-order valence-electron chi connectivity index (χ1n) is 8.83. The van der Waals surface area contributed by atoms with Crippen molar-refractivity contribution in [2.45, 2.75) is 26.8 Å². The van der Waals surface area contributed by atoms with Gasteiger partial charge < -0.3 is 14.0 Å². The lowest BCUT2D eigenvalue weighted by Gasteiger charge is -2.10. The number of ketones is 1. The Kier molecular flexibility index (Phi) is 6.54. The normalized spacial score (nSPS) is 11.2. The van der Waals surface area contributed by atoms with E-state index < -0.39 is 0 Å². The summed E-state index contributed by atoms with van der Waals surface area (Å²) >= 11 is 12.3. The summed E-state index contributed by atoms with van der Waals surface area (Å²) in [7, 11) is 1.68. The van der Waals surface area contributed by atoms with E-state index in [-0.39, 0.29) is 18.3 Å². The van der Waals surface area contributed by atoms with Gasteiger partial charge in [-0.25, -0.2) is 9.97 Å². The molecule has 0 aliphatic heterocycles. The standard InChI is InChI=1S/C20H21Cl2N3O3/c1-12-7-15(13(2)25(12)5-4-6-27-3)18(26)10-28-20-16-8-14(21)9-17(22)19(16)23-11-24-20/h7-9,11H,4-6,10H2,1-3H3. The number of ether oxygens (including phenoxy) is 2. The van der Waals surface area contributed by atoms with Crippen molar-refractivity contribution in [1.82, 2.24) is 14.5 Å². The van der Waals surface area contributed by atoms with Gasteiger partial charge in [-0.3, -0.25) is 4.79 Å². The van der Waals surface area contributed by atoms with Gasteiger partial charge in [-0.15, -0.1) is 0 Å². The van der Waals surface area contributed by atoms with Gasteiger partial charge in [-0.05, 0) is 38.5 Å². The van der Waals surface area contributed by atoms with Gasteiger partial charge in [-0.1, -0.05) is 23.2 Å². The van der Waals surface area contributed by atoms with Crippen molar-refractivity contribution in [2.75, 3.05) is 20.3 Å². The first-order chi connectivity index (χ1) is 13.4. The molecule has 28 heavy (non-hydrogen) atoms. The average molecular weight is 422 g/mol. The van der Waals surface area contributed by atoms with Gasteiger partial charge >= 0.3 is 0 Å². The van der Waals surface area contributed by atoms with Crippen molar-refractivity contribution in [3.63, 3.8) is 0 Å². The summed E-state index contributed by atoms with van der Waals surface area (Å²) in [4.78, 5) is 21.0. The zero-order valence-electron chi connectivity index (χ0n) is 16.0. The summed E-state index contributed by atoms with van der Waals surface area (Å²) in [5, 5.41) is 1.42. The fourth-order valence-corrected chi connectivity index (χ4v) is 3.73. The van der Waals surface area contributed by atoms with Crippen LogP contribution in [0, 0.1) is 13.8 Å². The number of hydrogen-bond acceptors (Lipinski definition) is 5. The molecule has 0 saturated carbocycles. The fourth-order valence-electron chi connectivity index (χ4n) is 3.19. The molecule has 3 rings (SSSR count). The quantitative estimate of drug-likeness (QED) is 0.391.